The van der Waals surface area contributed by atoms with Crippen LogP contribution in [0.15, 0.2) is 59.1 Å². The molecule has 4 aromatic rings. The highest BCUT2D eigenvalue weighted by Gasteiger charge is 2.30. The van der Waals surface area contributed by atoms with Gasteiger partial charge in [-0.05, 0) is 55.5 Å². The van der Waals surface area contributed by atoms with Crippen molar-refractivity contribution in [3.8, 4) is 17.2 Å². The van der Waals surface area contributed by atoms with Gasteiger partial charge in [-0.25, -0.2) is 4.98 Å². The maximum Gasteiger partial charge on any atom is 0.416 e. The Bertz CT molecular complexity index is 1290. The summed E-state index contributed by atoms with van der Waals surface area (Å²) in [5, 5.41) is 9.85. The van der Waals surface area contributed by atoms with Crippen LogP contribution < -0.4 is 4.74 Å². The Morgan fingerprint density at radius 1 is 1.18 bits per heavy atom. The van der Waals surface area contributed by atoms with Crippen molar-refractivity contribution in [3.05, 3.63) is 71.7 Å². The fourth-order valence-electron chi connectivity index (χ4n) is 3.64. The molecule has 1 atom stereocenters. The maximum atomic E-state index is 12.8. The highest BCUT2D eigenvalue weighted by molar-refractivity contribution is 5.83. The van der Waals surface area contributed by atoms with Crippen LogP contribution in [-0.2, 0) is 17.5 Å². The van der Waals surface area contributed by atoms with Crippen LogP contribution in [0.1, 0.15) is 29.9 Å². The first-order valence-electron chi connectivity index (χ1n) is 10.2. The fourth-order valence-corrected chi connectivity index (χ4v) is 3.64. The average molecular weight is 458 g/mol. The molecule has 1 N–H and O–H groups in total. The first kappa shape index (κ1) is 22.4. The number of hydrogen-bond donors (Lipinski definition) is 1. The van der Waals surface area contributed by atoms with E-state index in [1.54, 1.807) is 23.8 Å². The molecule has 33 heavy (non-hydrogen) atoms. The third kappa shape index (κ3) is 4.87. The van der Waals surface area contributed by atoms with E-state index in [0.29, 0.717) is 29.4 Å². The Kier molecular flexibility index (Phi) is 5.88. The number of rotatable bonds is 7. The van der Waals surface area contributed by atoms with Crippen molar-refractivity contribution in [2.45, 2.75) is 32.5 Å². The molecule has 172 valence electrons. The number of aliphatic carboxylic acids is 1. The molecule has 0 saturated heterocycles. The molecule has 2 aromatic carbocycles. The van der Waals surface area contributed by atoms with E-state index in [1.807, 2.05) is 25.1 Å². The number of carbonyl (C=O) groups is 1. The van der Waals surface area contributed by atoms with Gasteiger partial charge in [0.15, 0.2) is 0 Å². The predicted octanol–water partition coefficient (Wildman–Crippen LogP) is 5.89. The summed E-state index contributed by atoms with van der Waals surface area (Å²) in [4.78, 5) is 15.4. The van der Waals surface area contributed by atoms with E-state index in [-0.39, 0.29) is 18.4 Å². The summed E-state index contributed by atoms with van der Waals surface area (Å²) in [6, 6.07) is 11.9. The summed E-state index contributed by atoms with van der Waals surface area (Å²) in [6.45, 7) is 3.86. The molecule has 0 unspecified atom stereocenters. The minimum absolute atomic E-state index is 0.118. The smallest absolute Gasteiger partial charge is 0.416 e. The second-order valence-electron chi connectivity index (χ2n) is 7.81. The number of aryl methyl sites for hydroxylation is 1. The lowest BCUT2D eigenvalue weighted by molar-refractivity contribution is -0.138. The van der Waals surface area contributed by atoms with E-state index in [1.165, 1.54) is 12.1 Å². The topological polar surface area (TPSA) is 77.5 Å². The molecule has 0 aliphatic heterocycles. The Hall–Kier alpha value is -3.75. The quantitative estimate of drug-likeness (QED) is 0.374. The number of benzene rings is 2. The highest BCUT2D eigenvalue weighted by atomic mass is 19.4. The number of oxazole rings is 1. The lowest BCUT2D eigenvalue weighted by Crippen LogP contribution is -2.09. The van der Waals surface area contributed by atoms with Gasteiger partial charge in [0.1, 0.15) is 18.1 Å². The number of carboxylic acids is 1. The number of carboxylic acid groups (broad SMARTS) is 1. The number of aromatic nitrogens is 2. The number of fused-ring (bicyclic) bond motifs is 1. The van der Waals surface area contributed by atoms with Gasteiger partial charge >= 0.3 is 12.1 Å². The summed E-state index contributed by atoms with van der Waals surface area (Å²) in [5.74, 6) is 0.405. The zero-order chi connectivity index (χ0) is 23.8. The van der Waals surface area contributed by atoms with Crippen LogP contribution in [0.4, 0.5) is 13.2 Å². The zero-order valence-electron chi connectivity index (χ0n) is 17.9. The molecule has 6 nitrogen and oxygen atoms in total. The van der Waals surface area contributed by atoms with Gasteiger partial charge in [-0.2, -0.15) is 13.2 Å². The molecule has 0 aliphatic rings. The van der Waals surface area contributed by atoms with Crippen LogP contribution >= 0.6 is 0 Å². The van der Waals surface area contributed by atoms with Crippen LogP contribution in [0.25, 0.3) is 22.4 Å². The normalized spacial score (nSPS) is 12.8. The van der Waals surface area contributed by atoms with Crippen molar-refractivity contribution in [2.24, 2.45) is 0 Å². The van der Waals surface area contributed by atoms with E-state index in [9.17, 15) is 18.0 Å². The van der Waals surface area contributed by atoms with Crippen LogP contribution in [0.3, 0.4) is 0 Å². The minimum Gasteiger partial charge on any atom is -0.493 e. The molecule has 4 rings (SSSR count). The standard InChI is InChI=1S/C24H21F3N2O4/c1-14(13-32-19-7-8-20-17(11-19)9-10-29(20)12-21(30)31)22-15(2)33-23(28-22)16-3-5-18(6-4-16)24(25,26)27/h3-11,14H,12-13H2,1-2H3,(H,30,31)/t14-/m0/s1. The molecular weight excluding hydrogens is 437 g/mol. The van der Waals surface area contributed by atoms with Gasteiger partial charge in [0.25, 0.3) is 0 Å². The Labute approximate surface area is 187 Å². The van der Waals surface area contributed by atoms with Crippen molar-refractivity contribution in [1.82, 2.24) is 9.55 Å². The summed E-state index contributed by atoms with van der Waals surface area (Å²) < 4.78 is 51.6. The van der Waals surface area contributed by atoms with Gasteiger partial charge < -0.3 is 18.8 Å². The van der Waals surface area contributed by atoms with Crippen molar-refractivity contribution in [1.29, 1.82) is 0 Å². The molecule has 0 spiro atoms. The van der Waals surface area contributed by atoms with Crippen molar-refractivity contribution in [3.63, 3.8) is 0 Å². The van der Waals surface area contributed by atoms with Crippen molar-refractivity contribution in [2.75, 3.05) is 6.61 Å². The molecule has 0 saturated carbocycles. The molecular formula is C24H21F3N2O4. The van der Waals surface area contributed by atoms with Gasteiger partial charge in [0.05, 0.1) is 17.9 Å². The first-order chi connectivity index (χ1) is 15.6. The molecule has 0 bridgehead atoms. The maximum absolute atomic E-state index is 12.8. The number of halogens is 3. The van der Waals surface area contributed by atoms with Gasteiger partial charge in [-0.3, -0.25) is 4.79 Å². The number of alkyl halides is 3. The van der Waals surface area contributed by atoms with Crippen LogP contribution in [0, 0.1) is 6.92 Å². The third-order valence-corrected chi connectivity index (χ3v) is 5.31. The van der Waals surface area contributed by atoms with E-state index in [0.717, 1.165) is 23.0 Å². The minimum atomic E-state index is -4.40. The molecule has 9 heteroatoms. The van der Waals surface area contributed by atoms with Gasteiger partial charge in [0, 0.05) is 28.6 Å². The van der Waals surface area contributed by atoms with E-state index in [4.69, 9.17) is 14.3 Å². The summed E-state index contributed by atoms with van der Waals surface area (Å²) in [7, 11) is 0. The number of nitrogens with zero attached hydrogens (tertiary/aromatic N) is 2. The first-order valence-corrected chi connectivity index (χ1v) is 10.2. The molecule has 0 fully saturated rings. The van der Waals surface area contributed by atoms with Crippen molar-refractivity contribution < 1.29 is 32.2 Å². The fraction of sp³-hybridized carbons (Fsp3) is 0.250. The Morgan fingerprint density at radius 2 is 1.91 bits per heavy atom. The monoisotopic (exact) mass is 458 g/mol. The molecule has 0 aliphatic carbocycles. The molecule has 0 amide bonds. The molecule has 0 radical (unpaired) electrons. The lowest BCUT2D eigenvalue weighted by Gasteiger charge is -2.12. The second-order valence-corrected chi connectivity index (χ2v) is 7.81. The predicted molar refractivity (Wildman–Crippen MR) is 115 cm³/mol. The second kappa shape index (κ2) is 8.65. The molecule has 2 heterocycles. The third-order valence-electron chi connectivity index (χ3n) is 5.31. The van der Waals surface area contributed by atoms with Gasteiger partial charge in [-0.15, -0.1) is 0 Å². The van der Waals surface area contributed by atoms with Crippen LogP contribution in [-0.4, -0.2) is 27.2 Å². The average Bonchev–Trinajstić information content (AvgIpc) is 3.34. The van der Waals surface area contributed by atoms with E-state index in [2.05, 4.69) is 4.98 Å². The highest BCUT2D eigenvalue weighted by Crippen LogP contribution is 2.32. The van der Waals surface area contributed by atoms with E-state index >= 15 is 0 Å². The number of ether oxygens (including phenoxy) is 1. The SMILES string of the molecule is Cc1oc(-c2ccc(C(F)(F)F)cc2)nc1[C@@H](C)COc1ccc2c(ccn2CC(=O)O)c1. The molecule has 2 aromatic heterocycles. The largest absolute Gasteiger partial charge is 0.493 e. The van der Waals surface area contributed by atoms with Crippen LogP contribution in [0.5, 0.6) is 5.75 Å². The Balaban J connectivity index is 1.45. The van der Waals surface area contributed by atoms with Gasteiger partial charge in [-0.1, -0.05) is 6.92 Å². The Morgan fingerprint density at radius 3 is 2.58 bits per heavy atom. The van der Waals surface area contributed by atoms with Crippen LogP contribution in [0.2, 0.25) is 0 Å². The van der Waals surface area contributed by atoms with E-state index < -0.39 is 17.7 Å². The summed E-state index contributed by atoms with van der Waals surface area (Å²) in [6.07, 6.45) is -2.68. The summed E-state index contributed by atoms with van der Waals surface area (Å²) >= 11 is 0. The van der Waals surface area contributed by atoms with Gasteiger partial charge in [0.2, 0.25) is 5.89 Å². The number of hydrogen-bond acceptors (Lipinski definition) is 4. The zero-order valence-corrected chi connectivity index (χ0v) is 17.9. The summed E-state index contributed by atoms with van der Waals surface area (Å²) in [5.41, 5.74) is 1.19. The lowest BCUT2D eigenvalue weighted by atomic mass is 10.1. The van der Waals surface area contributed by atoms with Crippen molar-refractivity contribution >= 4 is 16.9 Å².